The van der Waals surface area contributed by atoms with Crippen molar-refractivity contribution in [2.24, 2.45) is 5.92 Å². The van der Waals surface area contributed by atoms with Crippen molar-refractivity contribution in [3.8, 4) is 0 Å². The van der Waals surface area contributed by atoms with Crippen LogP contribution in [0.4, 0.5) is 0 Å². The lowest BCUT2D eigenvalue weighted by atomic mass is 9.97. The third kappa shape index (κ3) is 2.70. The highest BCUT2D eigenvalue weighted by atomic mass is 16.5. The molecule has 0 spiro atoms. The number of rotatable bonds is 0. The van der Waals surface area contributed by atoms with Crippen molar-refractivity contribution in [3.05, 3.63) is 0 Å². The van der Waals surface area contributed by atoms with Crippen LogP contribution in [0.25, 0.3) is 0 Å². The van der Waals surface area contributed by atoms with E-state index >= 15 is 0 Å². The van der Waals surface area contributed by atoms with Gasteiger partial charge in [-0.25, -0.2) is 0 Å². The second-order valence-corrected chi connectivity index (χ2v) is 3.52. The average Bonchev–Trinajstić information content (AvgIpc) is 1.83. The summed E-state index contributed by atoms with van der Waals surface area (Å²) >= 11 is 0. The monoisotopic (exact) mass is 142 g/mol. The maximum atomic E-state index is 5.55. The van der Waals surface area contributed by atoms with Gasteiger partial charge < -0.3 is 4.74 Å². The van der Waals surface area contributed by atoms with E-state index in [1.54, 1.807) is 0 Å². The Kier molecular flexibility index (Phi) is 3.20. The molecule has 1 aliphatic heterocycles. The summed E-state index contributed by atoms with van der Waals surface area (Å²) in [7, 11) is 0. The highest BCUT2D eigenvalue weighted by Crippen LogP contribution is 2.18. The van der Waals surface area contributed by atoms with E-state index in [4.69, 9.17) is 4.74 Å². The van der Waals surface area contributed by atoms with E-state index in [2.05, 4.69) is 13.8 Å². The van der Waals surface area contributed by atoms with E-state index in [1.165, 1.54) is 25.7 Å². The van der Waals surface area contributed by atoms with E-state index < -0.39 is 0 Å². The number of hydrogen-bond donors (Lipinski definition) is 0. The fourth-order valence-electron chi connectivity index (χ4n) is 1.63. The summed E-state index contributed by atoms with van der Waals surface area (Å²) in [5, 5.41) is 0. The van der Waals surface area contributed by atoms with Gasteiger partial charge in [-0.3, -0.25) is 0 Å². The number of ether oxygens (including phenoxy) is 1. The molecule has 60 valence electrons. The molecule has 1 rings (SSSR count). The zero-order valence-corrected chi connectivity index (χ0v) is 7.10. The molecule has 10 heavy (non-hydrogen) atoms. The van der Waals surface area contributed by atoms with Crippen molar-refractivity contribution in [1.82, 2.24) is 0 Å². The first kappa shape index (κ1) is 8.06. The van der Waals surface area contributed by atoms with Crippen LogP contribution in [0.15, 0.2) is 0 Å². The van der Waals surface area contributed by atoms with Gasteiger partial charge in [-0.15, -0.1) is 0 Å². The van der Waals surface area contributed by atoms with E-state index in [1.807, 2.05) is 0 Å². The van der Waals surface area contributed by atoms with Gasteiger partial charge in [-0.2, -0.15) is 0 Å². The minimum absolute atomic E-state index is 0.496. The van der Waals surface area contributed by atoms with Crippen molar-refractivity contribution >= 4 is 0 Å². The SMILES string of the molecule is CC1CCCCOC(C)C1. The van der Waals surface area contributed by atoms with Crippen molar-refractivity contribution in [2.75, 3.05) is 6.61 Å². The topological polar surface area (TPSA) is 9.23 Å². The lowest BCUT2D eigenvalue weighted by Gasteiger charge is -2.21. The van der Waals surface area contributed by atoms with Crippen LogP contribution in [0, 0.1) is 5.92 Å². The second kappa shape index (κ2) is 3.97. The van der Waals surface area contributed by atoms with Gasteiger partial charge in [-0.05, 0) is 25.7 Å². The minimum Gasteiger partial charge on any atom is -0.378 e. The van der Waals surface area contributed by atoms with Gasteiger partial charge in [0.25, 0.3) is 0 Å². The average molecular weight is 142 g/mol. The first-order chi connectivity index (χ1) is 4.79. The molecule has 0 aromatic heterocycles. The lowest BCUT2D eigenvalue weighted by molar-refractivity contribution is 0.0360. The molecule has 1 saturated heterocycles. The maximum Gasteiger partial charge on any atom is 0.0549 e. The van der Waals surface area contributed by atoms with Gasteiger partial charge in [0.2, 0.25) is 0 Å². The van der Waals surface area contributed by atoms with Gasteiger partial charge in [-0.1, -0.05) is 19.8 Å². The molecular formula is C9H18O. The zero-order chi connectivity index (χ0) is 7.40. The molecule has 0 aromatic rings. The Bertz CT molecular complexity index is 80.7. The van der Waals surface area contributed by atoms with Crippen molar-refractivity contribution in [1.29, 1.82) is 0 Å². The van der Waals surface area contributed by atoms with E-state index in [0.717, 1.165) is 12.5 Å². The summed E-state index contributed by atoms with van der Waals surface area (Å²) in [5.41, 5.74) is 0. The van der Waals surface area contributed by atoms with Crippen molar-refractivity contribution < 1.29 is 4.74 Å². The molecule has 0 saturated carbocycles. The van der Waals surface area contributed by atoms with Crippen molar-refractivity contribution in [2.45, 2.75) is 45.6 Å². The third-order valence-corrected chi connectivity index (χ3v) is 2.23. The molecule has 2 unspecified atom stereocenters. The standard InChI is InChI=1S/C9H18O/c1-8-5-3-4-6-10-9(2)7-8/h8-9H,3-7H2,1-2H3. The largest absolute Gasteiger partial charge is 0.378 e. The van der Waals surface area contributed by atoms with Crippen LogP contribution in [-0.2, 0) is 4.74 Å². The molecule has 0 aromatic carbocycles. The Balaban J connectivity index is 2.25. The fourth-order valence-corrected chi connectivity index (χ4v) is 1.63. The smallest absolute Gasteiger partial charge is 0.0549 e. The molecule has 1 heteroatoms. The highest BCUT2D eigenvalue weighted by molar-refractivity contribution is 4.62. The summed E-state index contributed by atoms with van der Waals surface area (Å²) in [6.07, 6.45) is 5.76. The summed E-state index contributed by atoms with van der Waals surface area (Å²) in [6, 6.07) is 0. The van der Waals surface area contributed by atoms with Crippen LogP contribution in [0.5, 0.6) is 0 Å². The fraction of sp³-hybridized carbons (Fsp3) is 1.00. The van der Waals surface area contributed by atoms with E-state index in [-0.39, 0.29) is 0 Å². The molecule has 0 radical (unpaired) electrons. The Labute approximate surface area is 63.8 Å². The first-order valence-corrected chi connectivity index (χ1v) is 4.40. The molecule has 0 amide bonds. The van der Waals surface area contributed by atoms with Crippen LogP contribution < -0.4 is 0 Å². The van der Waals surface area contributed by atoms with Gasteiger partial charge in [0, 0.05) is 6.61 Å². The van der Waals surface area contributed by atoms with E-state index in [0.29, 0.717) is 6.10 Å². The van der Waals surface area contributed by atoms with Crippen LogP contribution >= 0.6 is 0 Å². The molecular weight excluding hydrogens is 124 g/mol. The molecule has 0 bridgehead atoms. The first-order valence-electron chi connectivity index (χ1n) is 4.40. The minimum atomic E-state index is 0.496. The van der Waals surface area contributed by atoms with Crippen LogP contribution in [0.2, 0.25) is 0 Å². The predicted molar refractivity (Wildman–Crippen MR) is 43.0 cm³/mol. The third-order valence-electron chi connectivity index (χ3n) is 2.23. The molecule has 2 atom stereocenters. The summed E-state index contributed by atoms with van der Waals surface area (Å²) in [4.78, 5) is 0. The maximum absolute atomic E-state index is 5.55. The Hall–Kier alpha value is -0.0400. The second-order valence-electron chi connectivity index (χ2n) is 3.52. The summed E-state index contributed by atoms with van der Waals surface area (Å²) in [6.45, 7) is 5.49. The molecule has 1 aliphatic rings. The highest BCUT2D eigenvalue weighted by Gasteiger charge is 2.11. The molecule has 1 nitrogen and oxygen atoms in total. The Morgan fingerprint density at radius 1 is 1.20 bits per heavy atom. The van der Waals surface area contributed by atoms with Crippen LogP contribution in [-0.4, -0.2) is 12.7 Å². The van der Waals surface area contributed by atoms with Gasteiger partial charge in [0.15, 0.2) is 0 Å². The zero-order valence-electron chi connectivity index (χ0n) is 7.10. The van der Waals surface area contributed by atoms with E-state index in [9.17, 15) is 0 Å². The molecule has 1 heterocycles. The molecule has 1 fully saturated rings. The normalized spacial score (nSPS) is 36.6. The molecule has 0 N–H and O–H groups in total. The van der Waals surface area contributed by atoms with Crippen LogP contribution in [0.1, 0.15) is 39.5 Å². The number of hydrogen-bond acceptors (Lipinski definition) is 1. The van der Waals surface area contributed by atoms with Gasteiger partial charge in [0.05, 0.1) is 6.10 Å². The summed E-state index contributed by atoms with van der Waals surface area (Å²) in [5.74, 6) is 0.871. The Morgan fingerprint density at radius 2 is 2.00 bits per heavy atom. The lowest BCUT2D eigenvalue weighted by Crippen LogP contribution is -2.16. The van der Waals surface area contributed by atoms with Crippen LogP contribution in [0.3, 0.4) is 0 Å². The summed E-state index contributed by atoms with van der Waals surface area (Å²) < 4.78 is 5.55. The van der Waals surface area contributed by atoms with Gasteiger partial charge >= 0.3 is 0 Å². The Morgan fingerprint density at radius 3 is 2.80 bits per heavy atom. The van der Waals surface area contributed by atoms with Crippen molar-refractivity contribution in [3.63, 3.8) is 0 Å². The predicted octanol–water partition coefficient (Wildman–Crippen LogP) is 2.60. The quantitative estimate of drug-likeness (QED) is 0.505. The van der Waals surface area contributed by atoms with Gasteiger partial charge in [0.1, 0.15) is 0 Å². The molecule has 0 aliphatic carbocycles.